The largest absolute Gasteiger partial charge is 0.334 e. The molecule has 3 aromatic rings. The first-order valence-electron chi connectivity index (χ1n) is 6.50. The van der Waals surface area contributed by atoms with E-state index in [-0.39, 0.29) is 0 Å². The molecule has 0 saturated heterocycles. The number of rotatable bonds is 4. The third-order valence-corrected chi connectivity index (χ3v) is 3.83. The molecule has 3 rings (SSSR count). The van der Waals surface area contributed by atoms with Crippen LogP contribution in [0.15, 0.2) is 64.0 Å². The van der Waals surface area contributed by atoms with Crippen LogP contribution >= 0.6 is 11.8 Å². The van der Waals surface area contributed by atoms with Crippen LogP contribution in [0.2, 0.25) is 0 Å². The monoisotopic (exact) mass is 282 g/mol. The van der Waals surface area contributed by atoms with Crippen molar-refractivity contribution >= 4 is 11.8 Å². The van der Waals surface area contributed by atoms with Crippen molar-refractivity contribution in [1.82, 2.24) is 10.1 Å². The van der Waals surface area contributed by atoms with E-state index in [0.29, 0.717) is 11.7 Å². The van der Waals surface area contributed by atoms with Gasteiger partial charge < -0.3 is 4.52 Å². The van der Waals surface area contributed by atoms with E-state index < -0.39 is 0 Å². The number of nitrogens with zero attached hydrogens (tertiary/aromatic N) is 2. The average molecular weight is 282 g/mol. The third kappa shape index (κ3) is 2.60. The van der Waals surface area contributed by atoms with Crippen LogP contribution in [-0.2, 0) is 0 Å². The number of hydrogen-bond acceptors (Lipinski definition) is 4. The Balaban J connectivity index is 1.98. The molecule has 3 nitrogen and oxygen atoms in total. The summed E-state index contributed by atoms with van der Waals surface area (Å²) in [6.07, 6.45) is 0. The summed E-state index contributed by atoms with van der Waals surface area (Å²) in [6.45, 7) is 2.13. The van der Waals surface area contributed by atoms with Gasteiger partial charge in [-0.15, -0.1) is 11.8 Å². The van der Waals surface area contributed by atoms with Gasteiger partial charge in [-0.2, -0.15) is 4.98 Å². The molecule has 0 fully saturated rings. The van der Waals surface area contributed by atoms with Crippen LogP contribution in [-0.4, -0.2) is 15.9 Å². The minimum Gasteiger partial charge on any atom is -0.334 e. The summed E-state index contributed by atoms with van der Waals surface area (Å²) < 4.78 is 5.42. The van der Waals surface area contributed by atoms with E-state index >= 15 is 0 Å². The van der Waals surface area contributed by atoms with Gasteiger partial charge in [0, 0.05) is 10.5 Å². The highest BCUT2D eigenvalue weighted by atomic mass is 32.2. The summed E-state index contributed by atoms with van der Waals surface area (Å²) in [5.74, 6) is 2.20. The minimum absolute atomic E-state index is 0.570. The van der Waals surface area contributed by atoms with Crippen molar-refractivity contribution in [2.45, 2.75) is 11.8 Å². The first-order chi connectivity index (χ1) is 9.88. The van der Waals surface area contributed by atoms with E-state index in [4.69, 9.17) is 4.52 Å². The van der Waals surface area contributed by atoms with Crippen molar-refractivity contribution in [3.05, 3.63) is 54.6 Å². The van der Waals surface area contributed by atoms with E-state index in [0.717, 1.165) is 16.9 Å². The lowest BCUT2D eigenvalue weighted by molar-refractivity contribution is 0.431. The molecule has 0 aliphatic rings. The molecule has 2 aromatic carbocycles. The zero-order valence-corrected chi connectivity index (χ0v) is 11.9. The highest BCUT2D eigenvalue weighted by Gasteiger charge is 2.13. The smallest absolute Gasteiger partial charge is 0.259 e. The molecule has 0 N–H and O–H groups in total. The Morgan fingerprint density at radius 1 is 1.00 bits per heavy atom. The van der Waals surface area contributed by atoms with Gasteiger partial charge in [-0.05, 0) is 17.9 Å². The summed E-state index contributed by atoms with van der Waals surface area (Å²) in [5.41, 5.74) is 1.96. The molecule has 0 amide bonds. The number of aromatic nitrogens is 2. The minimum atomic E-state index is 0.570. The van der Waals surface area contributed by atoms with Gasteiger partial charge in [0.1, 0.15) is 0 Å². The van der Waals surface area contributed by atoms with E-state index in [2.05, 4.69) is 23.1 Å². The standard InChI is InChI=1S/C16H14N2OS/c1-2-20-14-11-7-6-10-13(14)16-17-15(18-19-16)12-8-4-3-5-9-12/h3-11H,2H2,1H3. The number of benzene rings is 2. The molecule has 0 spiro atoms. The second kappa shape index (κ2) is 5.92. The van der Waals surface area contributed by atoms with Crippen LogP contribution in [0.1, 0.15) is 6.92 Å². The predicted octanol–water partition coefficient (Wildman–Crippen LogP) is 4.52. The molecule has 1 heterocycles. The van der Waals surface area contributed by atoms with Crippen LogP contribution in [0.5, 0.6) is 0 Å². The molecule has 0 aliphatic carbocycles. The molecule has 20 heavy (non-hydrogen) atoms. The lowest BCUT2D eigenvalue weighted by atomic mass is 10.2. The summed E-state index contributed by atoms with van der Waals surface area (Å²) in [7, 11) is 0. The predicted molar refractivity (Wildman–Crippen MR) is 81.6 cm³/mol. The van der Waals surface area contributed by atoms with Gasteiger partial charge in [-0.3, -0.25) is 0 Å². The fraction of sp³-hybridized carbons (Fsp3) is 0.125. The second-order valence-corrected chi connectivity index (χ2v) is 5.52. The van der Waals surface area contributed by atoms with Gasteiger partial charge in [-0.1, -0.05) is 54.5 Å². The van der Waals surface area contributed by atoms with Crippen molar-refractivity contribution in [2.24, 2.45) is 0 Å². The Morgan fingerprint density at radius 2 is 1.75 bits per heavy atom. The zero-order chi connectivity index (χ0) is 13.8. The van der Waals surface area contributed by atoms with Gasteiger partial charge >= 0.3 is 0 Å². The molecule has 0 atom stereocenters. The molecular weight excluding hydrogens is 268 g/mol. The molecule has 0 saturated carbocycles. The van der Waals surface area contributed by atoms with E-state index in [1.807, 2.05) is 48.5 Å². The normalized spacial score (nSPS) is 10.7. The third-order valence-electron chi connectivity index (χ3n) is 2.88. The maximum Gasteiger partial charge on any atom is 0.259 e. The first kappa shape index (κ1) is 12.9. The van der Waals surface area contributed by atoms with Gasteiger partial charge in [0.2, 0.25) is 5.82 Å². The fourth-order valence-electron chi connectivity index (χ4n) is 1.96. The second-order valence-electron chi connectivity index (χ2n) is 4.22. The Morgan fingerprint density at radius 3 is 2.55 bits per heavy atom. The highest BCUT2D eigenvalue weighted by Crippen LogP contribution is 2.31. The molecule has 100 valence electrons. The quantitative estimate of drug-likeness (QED) is 0.660. The zero-order valence-electron chi connectivity index (χ0n) is 11.1. The molecule has 0 aliphatic heterocycles. The van der Waals surface area contributed by atoms with Crippen molar-refractivity contribution in [1.29, 1.82) is 0 Å². The fourth-order valence-corrected chi connectivity index (χ4v) is 2.76. The van der Waals surface area contributed by atoms with Crippen LogP contribution in [0, 0.1) is 0 Å². The van der Waals surface area contributed by atoms with Gasteiger partial charge in [0.05, 0.1) is 5.56 Å². The number of thioether (sulfide) groups is 1. The summed E-state index contributed by atoms with van der Waals surface area (Å²) >= 11 is 1.77. The van der Waals surface area contributed by atoms with Crippen LogP contribution < -0.4 is 0 Å². The van der Waals surface area contributed by atoms with E-state index in [1.54, 1.807) is 11.8 Å². The summed E-state index contributed by atoms with van der Waals surface area (Å²) in [6, 6.07) is 18.0. The molecule has 0 unspecified atom stereocenters. The Kier molecular flexibility index (Phi) is 3.83. The van der Waals surface area contributed by atoms with Crippen molar-refractivity contribution in [3.8, 4) is 22.8 Å². The Labute approximate surface area is 122 Å². The molecule has 0 bridgehead atoms. The molecule has 1 aromatic heterocycles. The van der Waals surface area contributed by atoms with Crippen LogP contribution in [0.3, 0.4) is 0 Å². The summed E-state index contributed by atoms with van der Waals surface area (Å²) in [5, 5.41) is 4.07. The molecule has 4 heteroatoms. The van der Waals surface area contributed by atoms with Crippen LogP contribution in [0.4, 0.5) is 0 Å². The van der Waals surface area contributed by atoms with Gasteiger partial charge in [0.25, 0.3) is 5.89 Å². The van der Waals surface area contributed by atoms with E-state index in [1.165, 1.54) is 4.90 Å². The lowest BCUT2D eigenvalue weighted by Crippen LogP contribution is -1.83. The number of hydrogen-bond donors (Lipinski definition) is 0. The maximum atomic E-state index is 5.42. The topological polar surface area (TPSA) is 38.9 Å². The molecular formula is C16H14N2OS. The van der Waals surface area contributed by atoms with Gasteiger partial charge in [0.15, 0.2) is 0 Å². The van der Waals surface area contributed by atoms with E-state index in [9.17, 15) is 0 Å². The van der Waals surface area contributed by atoms with Gasteiger partial charge in [-0.25, -0.2) is 0 Å². The summed E-state index contributed by atoms with van der Waals surface area (Å²) in [4.78, 5) is 5.67. The average Bonchev–Trinajstić information content (AvgIpc) is 2.99. The SMILES string of the molecule is CCSc1ccccc1-c1nc(-c2ccccc2)no1. The van der Waals surface area contributed by atoms with Crippen molar-refractivity contribution in [3.63, 3.8) is 0 Å². The Bertz CT molecular complexity index is 694. The maximum absolute atomic E-state index is 5.42. The van der Waals surface area contributed by atoms with Crippen LogP contribution in [0.25, 0.3) is 22.8 Å². The Hall–Kier alpha value is -2.07. The highest BCUT2D eigenvalue weighted by molar-refractivity contribution is 7.99. The van der Waals surface area contributed by atoms with Crippen molar-refractivity contribution in [2.75, 3.05) is 5.75 Å². The molecule has 0 radical (unpaired) electrons. The van der Waals surface area contributed by atoms with Crippen molar-refractivity contribution < 1.29 is 4.52 Å². The lowest BCUT2D eigenvalue weighted by Gasteiger charge is -2.02. The first-order valence-corrected chi connectivity index (χ1v) is 7.48.